The molecule has 21 heavy (non-hydrogen) atoms. The Hall–Kier alpha value is -1.68. The molecule has 1 aliphatic rings. The molecule has 0 radical (unpaired) electrons. The van der Waals surface area contributed by atoms with Crippen LogP contribution in [0.25, 0.3) is 0 Å². The van der Waals surface area contributed by atoms with Gasteiger partial charge >= 0.3 is 0 Å². The molecular weight excluding hydrogens is 264 g/mol. The number of likely N-dealkylation sites (tertiary alicyclic amines) is 1. The molecule has 0 aliphatic carbocycles. The van der Waals surface area contributed by atoms with Gasteiger partial charge in [0.15, 0.2) is 5.78 Å². The minimum atomic E-state index is -0.0167. The fourth-order valence-electron chi connectivity index (χ4n) is 3.14. The lowest BCUT2D eigenvalue weighted by molar-refractivity contribution is -0.117. The average Bonchev–Trinajstić information content (AvgIpc) is 2.37. The normalized spacial score (nSPS) is 22.8. The largest absolute Gasteiger partial charge is 0.325 e. The number of amides is 1. The van der Waals surface area contributed by atoms with Crippen molar-refractivity contribution >= 4 is 17.4 Å². The molecule has 114 valence electrons. The van der Waals surface area contributed by atoms with Crippen molar-refractivity contribution < 1.29 is 9.59 Å². The van der Waals surface area contributed by atoms with E-state index in [1.165, 1.54) is 13.3 Å². The van der Waals surface area contributed by atoms with E-state index in [0.717, 1.165) is 13.1 Å². The van der Waals surface area contributed by atoms with Gasteiger partial charge in [-0.1, -0.05) is 26.0 Å². The third kappa shape index (κ3) is 4.67. The minimum absolute atomic E-state index is 0.00443. The second kappa shape index (κ2) is 6.85. The summed E-state index contributed by atoms with van der Waals surface area (Å²) in [7, 11) is 0. The van der Waals surface area contributed by atoms with E-state index in [4.69, 9.17) is 0 Å². The number of hydrogen-bond acceptors (Lipinski definition) is 3. The molecule has 2 atom stereocenters. The molecule has 4 nitrogen and oxygen atoms in total. The Morgan fingerprint density at radius 3 is 2.52 bits per heavy atom. The van der Waals surface area contributed by atoms with Gasteiger partial charge in [0, 0.05) is 24.3 Å². The summed E-state index contributed by atoms with van der Waals surface area (Å²) in [5, 5.41) is 2.88. The first-order chi connectivity index (χ1) is 9.94. The molecule has 0 bridgehead atoms. The first-order valence-corrected chi connectivity index (χ1v) is 7.57. The Kier molecular flexibility index (Phi) is 5.12. The van der Waals surface area contributed by atoms with Crippen molar-refractivity contribution in [3.63, 3.8) is 0 Å². The number of Topliss-reactive ketones (excluding diaryl/α,β-unsaturated/α-hetero) is 1. The van der Waals surface area contributed by atoms with E-state index < -0.39 is 0 Å². The molecule has 1 aromatic rings. The summed E-state index contributed by atoms with van der Waals surface area (Å²) in [6, 6.07) is 7.08. The van der Waals surface area contributed by atoms with Crippen LogP contribution in [-0.4, -0.2) is 36.2 Å². The summed E-state index contributed by atoms with van der Waals surface area (Å²) < 4.78 is 0. The van der Waals surface area contributed by atoms with Gasteiger partial charge in [-0.3, -0.25) is 14.5 Å². The predicted molar refractivity (Wildman–Crippen MR) is 84.5 cm³/mol. The SMILES string of the molecule is CC(=O)c1cccc(NC(=O)CN2C[C@H](C)C[C@H](C)C2)c1. The number of ketones is 1. The number of anilines is 1. The Balaban J connectivity index is 1.92. The second-order valence-corrected chi connectivity index (χ2v) is 6.33. The topological polar surface area (TPSA) is 49.4 Å². The van der Waals surface area contributed by atoms with Gasteiger partial charge in [0.2, 0.25) is 5.91 Å². The number of piperidine rings is 1. The quantitative estimate of drug-likeness (QED) is 0.867. The van der Waals surface area contributed by atoms with Crippen LogP contribution in [0.4, 0.5) is 5.69 Å². The van der Waals surface area contributed by atoms with Crippen LogP contribution in [0.2, 0.25) is 0 Å². The van der Waals surface area contributed by atoms with Crippen LogP contribution in [0.1, 0.15) is 37.6 Å². The average molecular weight is 288 g/mol. The predicted octanol–water partition coefficient (Wildman–Crippen LogP) is 2.81. The van der Waals surface area contributed by atoms with Crippen molar-refractivity contribution in [2.75, 3.05) is 25.0 Å². The highest BCUT2D eigenvalue weighted by atomic mass is 16.2. The summed E-state index contributed by atoms with van der Waals surface area (Å²) in [5.41, 5.74) is 1.30. The first kappa shape index (κ1) is 15.7. The van der Waals surface area contributed by atoms with Gasteiger partial charge in [0.05, 0.1) is 6.54 Å². The fraction of sp³-hybridized carbons (Fsp3) is 0.529. The molecule has 1 aliphatic heterocycles. The molecule has 1 saturated heterocycles. The van der Waals surface area contributed by atoms with Gasteiger partial charge in [-0.05, 0) is 37.3 Å². The molecule has 0 unspecified atom stereocenters. The number of nitrogens with one attached hydrogen (secondary N) is 1. The molecule has 1 aromatic carbocycles. The Labute approximate surface area is 126 Å². The van der Waals surface area contributed by atoms with E-state index in [1.807, 2.05) is 6.07 Å². The third-order valence-electron chi connectivity index (χ3n) is 3.86. The van der Waals surface area contributed by atoms with Gasteiger partial charge in [0.25, 0.3) is 0 Å². The summed E-state index contributed by atoms with van der Waals surface area (Å²) in [6.45, 7) is 8.36. The number of carbonyl (C=O) groups is 2. The van der Waals surface area contributed by atoms with Gasteiger partial charge in [-0.15, -0.1) is 0 Å². The standard InChI is InChI=1S/C17H24N2O2/c1-12-7-13(2)10-19(9-12)11-17(21)18-16-6-4-5-15(8-16)14(3)20/h4-6,8,12-13H,7,9-11H2,1-3H3,(H,18,21)/t12-,13+. The number of hydrogen-bond donors (Lipinski definition) is 1. The van der Waals surface area contributed by atoms with Crippen LogP contribution < -0.4 is 5.32 Å². The maximum absolute atomic E-state index is 12.1. The lowest BCUT2D eigenvalue weighted by Crippen LogP contribution is -2.42. The molecule has 1 amide bonds. The summed E-state index contributed by atoms with van der Waals surface area (Å²) in [6.07, 6.45) is 1.23. The van der Waals surface area contributed by atoms with Gasteiger partial charge in [0.1, 0.15) is 0 Å². The number of benzene rings is 1. The highest BCUT2D eigenvalue weighted by molar-refractivity contribution is 5.97. The van der Waals surface area contributed by atoms with Gasteiger partial charge in [-0.25, -0.2) is 0 Å². The van der Waals surface area contributed by atoms with Gasteiger partial charge in [-0.2, -0.15) is 0 Å². The smallest absolute Gasteiger partial charge is 0.238 e. The Bertz CT molecular complexity index is 517. The van der Waals surface area contributed by atoms with E-state index in [1.54, 1.807) is 18.2 Å². The molecular formula is C17H24N2O2. The first-order valence-electron chi connectivity index (χ1n) is 7.57. The maximum Gasteiger partial charge on any atom is 0.238 e. The molecule has 1 heterocycles. The van der Waals surface area contributed by atoms with Crippen molar-refractivity contribution in [3.05, 3.63) is 29.8 Å². The molecule has 0 aromatic heterocycles. The van der Waals surface area contributed by atoms with Crippen molar-refractivity contribution in [1.29, 1.82) is 0 Å². The number of nitrogens with zero attached hydrogens (tertiary/aromatic N) is 1. The highest BCUT2D eigenvalue weighted by Gasteiger charge is 2.23. The second-order valence-electron chi connectivity index (χ2n) is 6.33. The minimum Gasteiger partial charge on any atom is -0.325 e. The summed E-state index contributed by atoms with van der Waals surface area (Å²) in [4.78, 5) is 25.7. The molecule has 1 N–H and O–H groups in total. The Morgan fingerprint density at radius 2 is 1.90 bits per heavy atom. The molecule has 0 saturated carbocycles. The number of carbonyl (C=O) groups excluding carboxylic acids is 2. The summed E-state index contributed by atoms with van der Waals surface area (Å²) >= 11 is 0. The van der Waals surface area contributed by atoms with Gasteiger partial charge < -0.3 is 5.32 Å². The van der Waals surface area contributed by atoms with E-state index >= 15 is 0 Å². The van der Waals surface area contributed by atoms with Crippen LogP contribution in [0.3, 0.4) is 0 Å². The van der Waals surface area contributed by atoms with Crippen LogP contribution in [-0.2, 0) is 4.79 Å². The highest BCUT2D eigenvalue weighted by Crippen LogP contribution is 2.20. The van der Waals surface area contributed by atoms with Crippen LogP contribution in [0.5, 0.6) is 0 Å². The fourth-order valence-corrected chi connectivity index (χ4v) is 3.14. The van der Waals surface area contributed by atoms with Crippen LogP contribution in [0.15, 0.2) is 24.3 Å². The van der Waals surface area contributed by atoms with E-state index in [0.29, 0.717) is 29.6 Å². The molecule has 1 fully saturated rings. The third-order valence-corrected chi connectivity index (χ3v) is 3.86. The molecule has 2 rings (SSSR count). The zero-order chi connectivity index (χ0) is 15.4. The number of rotatable bonds is 4. The zero-order valence-corrected chi connectivity index (χ0v) is 13.1. The molecule has 4 heteroatoms. The van der Waals surface area contributed by atoms with Crippen molar-refractivity contribution in [2.45, 2.75) is 27.2 Å². The van der Waals surface area contributed by atoms with E-state index in [2.05, 4.69) is 24.1 Å². The molecule has 0 spiro atoms. The van der Waals surface area contributed by atoms with Crippen molar-refractivity contribution in [2.24, 2.45) is 11.8 Å². The Morgan fingerprint density at radius 1 is 1.24 bits per heavy atom. The van der Waals surface area contributed by atoms with Crippen LogP contribution >= 0.6 is 0 Å². The van der Waals surface area contributed by atoms with Crippen LogP contribution in [0, 0.1) is 11.8 Å². The maximum atomic E-state index is 12.1. The lowest BCUT2D eigenvalue weighted by Gasteiger charge is -2.34. The monoisotopic (exact) mass is 288 g/mol. The lowest BCUT2D eigenvalue weighted by atomic mass is 9.92. The van der Waals surface area contributed by atoms with Crippen molar-refractivity contribution in [1.82, 2.24) is 4.90 Å². The zero-order valence-electron chi connectivity index (χ0n) is 13.1. The summed E-state index contributed by atoms with van der Waals surface area (Å²) in [5.74, 6) is 1.27. The van der Waals surface area contributed by atoms with Crippen molar-refractivity contribution in [3.8, 4) is 0 Å². The van der Waals surface area contributed by atoms with E-state index in [-0.39, 0.29) is 11.7 Å². The van der Waals surface area contributed by atoms with E-state index in [9.17, 15) is 9.59 Å².